The van der Waals surface area contributed by atoms with Crippen LogP contribution >= 0.6 is 0 Å². The summed E-state index contributed by atoms with van der Waals surface area (Å²) in [5, 5.41) is 2.75. The van der Waals surface area contributed by atoms with E-state index in [2.05, 4.69) is 5.32 Å². The Morgan fingerprint density at radius 3 is 2.35 bits per heavy atom. The first-order valence-corrected chi connectivity index (χ1v) is 8.65. The number of nitrogens with one attached hydrogen (secondary N) is 1. The Bertz CT molecular complexity index is 801. The van der Waals surface area contributed by atoms with E-state index < -0.39 is 10.0 Å². The highest BCUT2D eigenvalue weighted by Crippen LogP contribution is 2.19. The molecule has 0 saturated carbocycles. The number of ether oxygens (including phenoxy) is 1. The Kier molecular flexibility index (Phi) is 4.90. The lowest BCUT2D eigenvalue weighted by molar-refractivity contribution is 0.102. The lowest BCUT2D eigenvalue weighted by Gasteiger charge is -2.17. The summed E-state index contributed by atoms with van der Waals surface area (Å²) in [5.41, 5.74) is 1.42. The number of carbonyl (C=O) groups excluding carboxylic acids is 1. The minimum atomic E-state index is -3.38. The number of sulfonamides is 1. The SMILES string of the molecule is COc1ccc(NC(=O)c2cccc(N(C)S(C)(=O)=O)c2)cc1. The third kappa shape index (κ3) is 4.23. The summed E-state index contributed by atoms with van der Waals surface area (Å²) in [6.45, 7) is 0. The largest absolute Gasteiger partial charge is 0.497 e. The third-order valence-electron chi connectivity index (χ3n) is 3.32. The molecule has 0 saturated heterocycles. The van der Waals surface area contributed by atoms with Crippen LogP contribution in [0.4, 0.5) is 11.4 Å². The number of rotatable bonds is 5. The standard InChI is InChI=1S/C16H18N2O4S/c1-18(23(3,20)21)14-6-4-5-12(11-14)16(19)17-13-7-9-15(22-2)10-8-13/h4-11H,1-3H3,(H,17,19). The maximum absolute atomic E-state index is 12.3. The number of nitrogens with zero attached hydrogens (tertiary/aromatic N) is 1. The first-order valence-electron chi connectivity index (χ1n) is 6.80. The number of anilines is 2. The van der Waals surface area contributed by atoms with Gasteiger partial charge in [0.25, 0.3) is 5.91 Å². The molecule has 1 N–H and O–H groups in total. The second-order valence-electron chi connectivity index (χ2n) is 4.96. The molecular weight excluding hydrogens is 316 g/mol. The van der Waals surface area contributed by atoms with E-state index in [0.717, 1.165) is 10.6 Å². The van der Waals surface area contributed by atoms with E-state index in [1.54, 1.807) is 49.6 Å². The number of hydrogen-bond acceptors (Lipinski definition) is 4. The molecule has 0 atom stereocenters. The van der Waals surface area contributed by atoms with Crippen LogP contribution in [0.15, 0.2) is 48.5 Å². The zero-order chi connectivity index (χ0) is 17.0. The minimum Gasteiger partial charge on any atom is -0.497 e. The van der Waals surface area contributed by atoms with Crippen molar-refractivity contribution in [2.24, 2.45) is 0 Å². The Hall–Kier alpha value is -2.54. The lowest BCUT2D eigenvalue weighted by atomic mass is 10.2. The van der Waals surface area contributed by atoms with Crippen LogP contribution in [0.2, 0.25) is 0 Å². The lowest BCUT2D eigenvalue weighted by Crippen LogP contribution is -2.25. The Balaban J connectivity index is 2.19. The molecule has 0 aliphatic heterocycles. The normalized spacial score (nSPS) is 10.9. The number of hydrogen-bond donors (Lipinski definition) is 1. The molecule has 0 bridgehead atoms. The van der Waals surface area contributed by atoms with Gasteiger partial charge in [-0.3, -0.25) is 9.10 Å². The van der Waals surface area contributed by atoms with Crippen molar-refractivity contribution in [3.05, 3.63) is 54.1 Å². The second-order valence-corrected chi connectivity index (χ2v) is 6.98. The van der Waals surface area contributed by atoms with Gasteiger partial charge in [0.2, 0.25) is 10.0 Å². The average Bonchev–Trinajstić information content (AvgIpc) is 2.54. The molecule has 0 aromatic heterocycles. The molecule has 0 spiro atoms. The van der Waals surface area contributed by atoms with E-state index in [9.17, 15) is 13.2 Å². The van der Waals surface area contributed by atoms with Gasteiger partial charge in [-0.25, -0.2) is 8.42 Å². The number of amides is 1. The predicted octanol–water partition coefficient (Wildman–Crippen LogP) is 2.34. The summed E-state index contributed by atoms with van der Waals surface area (Å²) >= 11 is 0. The van der Waals surface area contributed by atoms with Crippen molar-refractivity contribution in [2.75, 3.05) is 30.0 Å². The molecule has 122 valence electrons. The van der Waals surface area contributed by atoms with Crippen molar-refractivity contribution in [2.45, 2.75) is 0 Å². The van der Waals surface area contributed by atoms with Gasteiger partial charge in [0.05, 0.1) is 19.1 Å². The van der Waals surface area contributed by atoms with Gasteiger partial charge >= 0.3 is 0 Å². The monoisotopic (exact) mass is 334 g/mol. The first kappa shape index (κ1) is 16.8. The number of methoxy groups -OCH3 is 1. The molecule has 0 unspecified atom stereocenters. The average molecular weight is 334 g/mol. The molecule has 0 radical (unpaired) electrons. The second kappa shape index (κ2) is 6.70. The third-order valence-corrected chi connectivity index (χ3v) is 4.52. The topological polar surface area (TPSA) is 75.7 Å². The molecule has 2 aromatic rings. The van der Waals surface area contributed by atoms with Gasteiger partial charge in [0.15, 0.2) is 0 Å². The van der Waals surface area contributed by atoms with Crippen LogP contribution in [-0.4, -0.2) is 34.7 Å². The van der Waals surface area contributed by atoms with E-state index in [4.69, 9.17) is 4.74 Å². The van der Waals surface area contributed by atoms with Gasteiger partial charge in [0.1, 0.15) is 5.75 Å². The van der Waals surface area contributed by atoms with Crippen molar-refractivity contribution < 1.29 is 17.9 Å². The van der Waals surface area contributed by atoms with Gasteiger partial charge in [-0.1, -0.05) is 6.07 Å². The molecule has 1 amide bonds. The van der Waals surface area contributed by atoms with E-state index in [1.807, 2.05) is 0 Å². The summed E-state index contributed by atoms with van der Waals surface area (Å²) in [4.78, 5) is 12.3. The molecule has 2 rings (SSSR count). The number of carbonyl (C=O) groups is 1. The van der Waals surface area contributed by atoms with Crippen LogP contribution in [0, 0.1) is 0 Å². The summed E-state index contributed by atoms with van der Waals surface area (Å²) < 4.78 is 29.3. The van der Waals surface area contributed by atoms with Crippen molar-refractivity contribution in [1.29, 1.82) is 0 Å². The van der Waals surface area contributed by atoms with Crippen LogP contribution in [-0.2, 0) is 10.0 Å². The Morgan fingerprint density at radius 1 is 1.13 bits per heavy atom. The maximum Gasteiger partial charge on any atom is 0.255 e. The number of benzene rings is 2. The zero-order valence-electron chi connectivity index (χ0n) is 13.1. The molecule has 6 nitrogen and oxygen atoms in total. The van der Waals surface area contributed by atoms with E-state index in [0.29, 0.717) is 22.7 Å². The van der Waals surface area contributed by atoms with Crippen LogP contribution in [0.25, 0.3) is 0 Å². The van der Waals surface area contributed by atoms with Gasteiger partial charge in [-0.05, 0) is 42.5 Å². The van der Waals surface area contributed by atoms with Crippen LogP contribution < -0.4 is 14.4 Å². The van der Waals surface area contributed by atoms with Crippen molar-refractivity contribution >= 4 is 27.3 Å². The van der Waals surface area contributed by atoms with Crippen LogP contribution in [0.3, 0.4) is 0 Å². The fourth-order valence-electron chi connectivity index (χ4n) is 1.91. The smallest absolute Gasteiger partial charge is 0.255 e. The van der Waals surface area contributed by atoms with Gasteiger partial charge in [0, 0.05) is 18.3 Å². The molecule has 23 heavy (non-hydrogen) atoms. The summed E-state index contributed by atoms with van der Waals surface area (Å²) in [6, 6.07) is 13.4. The highest BCUT2D eigenvalue weighted by atomic mass is 32.2. The summed E-state index contributed by atoms with van der Waals surface area (Å²) in [7, 11) is -0.370. The summed E-state index contributed by atoms with van der Waals surface area (Å²) in [6.07, 6.45) is 1.11. The van der Waals surface area contributed by atoms with Gasteiger partial charge < -0.3 is 10.1 Å². The molecular formula is C16H18N2O4S. The van der Waals surface area contributed by atoms with E-state index in [-0.39, 0.29) is 5.91 Å². The van der Waals surface area contributed by atoms with Crippen LogP contribution in [0.1, 0.15) is 10.4 Å². The molecule has 0 heterocycles. The van der Waals surface area contributed by atoms with Gasteiger partial charge in [-0.15, -0.1) is 0 Å². The van der Waals surface area contributed by atoms with Crippen molar-refractivity contribution in [3.63, 3.8) is 0 Å². The minimum absolute atomic E-state index is 0.320. The highest BCUT2D eigenvalue weighted by molar-refractivity contribution is 7.92. The molecule has 2 aromatic carbocycles. The van der Waals surface area contributed by atoms with E-state index in [1.165, 1.54) is 13.1 Å². The van der Waals surface area contributed by atoms with Crippen molar-refractivity contribution in [3.8, 4) is 5.75 Å². The Morgan fingerprint density at radius 2 is 1.78 bits per heavy atom. The van der Waals surface area contributed by atoms with Crippen LogP contribution in [0.5, 0.6) is 5.75 Å². The molecule has 0 fully saturated rings. The predicted molar refractivity (Wildman–Crippen MR) is 90.6 cm³/mol. The van der Waals surface area contributed by atoms with E-state index >= 15 is 0 Å². The molecule has 7 heteroatoms. The molecule has 0 aliphatic rings. The quantitative estimate of drug-likeness (QED) is 0.910. The fourth-order valence-corrected chi connectivity index (χ4v) is 2.41. The highest BCUT2D eigenvalue weighted by Gasteiger charge is 2.14. The fraction of sp³-hybridized carbons (Fsp3) is 0.188. The van der Waals surface area contributed by atoms with Crippen molar-refractivity contribution in [1.82, 2.24) is 0 Å². The Labute approximate surface area is 135 Å². The van der Waals surface area contributed by atoms with Gasteiger partial charge in [-0.2, -0.15) is 0 Å². The zero-order valence-corrected chi connectivity index (χ0v) is 13.9. The molecule has 0 aliphatic carbocycles. The summed E-state index contributed by atoms with van der Waals surface area (Å²) in [5.74, 6) is 0.374. The first-order chi connectivity index (χ1) is 10.8. The maximum atomic E-state index is 12.3.